The molecule has 8 heteroatoms. The maximum Gasteiger partial charge on any atom is 0.410 e. The van der Waals surface area contributed by atoms with Crippen molar-refractivity contribution in [1.82, 2.24) is 20.0 Å². The zero-order valence-electron chi connectivity index (χ0n) is 17.5. The second-order valence-electron chi connectivity index (χ2n) is 6.99. The van der Waals surface area contributed by atoms with Crippen LogP contribution in [0.5, 0.6) is 5.75 Å². The van der Waals surface area contributed by atoms with Gasteiger partial charge in [-0.25, -0.2) is 4.98 Å². The molecule has 0 aliphatic rings. The lowest BCUT2D eigenvalue weighted by atomic mass is 10.1. The molecule has 3 N–H and O–H groups in total. The second-order valence-corrected chi connectivity index (χ2v) is 8.64. The first-order valence-corrected chi connectivity index (χ1v) is 10.5. The molecule has 0 aliphatic heterocycles. The van der Waals surface area contributed by atoms with Crippen molar-refractivity contribution in [3.05, 3.63) is 59.1 Å². The van der Waals surface area contributed by atoms with Gasteiger partial charge in [0, 0.05) is 27.0 Å². The van der Waals surface area contributed by atoms with E-state index in [2.05, 4.69) is 29.1 Å². The Balaban J connectivity index is 1.94. The summed E-state index contributed by atoms with van der Waals surface area (Å²) in [7, 11) is 3.38. The summed E-state index contributed by atoms with van der Waals surface area (Å²) in [6.45, 7) is 4.97. The van der Waals surface area contributed by atoms with Gasteiger partial charge in [-0.3, -0.25) is 0 Å². The van der Waals surface area contributed by atoms with Crippen molar-refractivity contribution < 1.29 is 4.74 Å². The maximum absolute atomic E-state index is 13.1. The fraction of sp³-hybridized carbons (Fsp3) is 0.273. The van der Waals surface area contributed by atoms with E-state index in [4.69, 9.17) is 10.5 Å². The summed E-state index contributed by atoms with van der Waals surface area (Å²) < 4.78 is 6.08. The Morgan fingerprint density at radius 1 is 1.20 bits per heavy atom. The third-order valence-corrected chi connectivity index (χ3v) is 5.36. The molecular weight excluding hydrogens is 398 g/mol. The molecule has 0 radical (unpaired) electrons. The van der Waals surface area contributed by atoms with Crippen LogP contribution >= 0.6 is 11.8 Å². The summed E-state index contributed by atoms with van der Waals surface area (Å²) in [6.07, 6.45) is 1.57. The topological polar surface area (TPSA) is 93.1 Å². The van der Waals surface area contributed by atoms with Crippen molar-refractivity contribution >= 4 is 29.1 Å². The molecule has 0 atom stereocenters. The smallest absolute Gasteiger partial charge is 0.410 e. The number of ether oxygens (including phenoxy) is 1. The van der Waals surface area contributed by atoms with Crippen molar-refractivity contribution in [2.24, 2.45) is 0 Å². The van der Waals surface area contributed by atoms with Crippen molar-refractivity contribution in [2.75, 3.05) is 19.9 Å². The number of nitrogens with two attached hydrogens (primary N) is 1. The Kier molecular flexibility index (Phi) is 7.02. The normalized spacial score (nSPS) is 11.0. The standard InChI is InChI=1S/C22H26N5O2S/c1-14(2)30-17-8-6-16(7-9-17)18-13-25-21(23)22(26-18)27(28)19-10-5-15(12-24-3)11-20(19)29-4/h5-11,13-14,24H,12H2,1-4H3,(H2,23,25)/q+1. The molecule has 0 unspecified atom stereocenters. The van der Waals surface area contributed by atoms with Gasteiger partial charge in [-0.05, 0) is 54.0 Å². The van der Waals surface area contributed by atoms with Crippen LogP contribution in [0, 0.1) is 4.91 Å². The molecule has 0 aliphatic carbocycles. The molecule has 1 heterocycles. The number of nitrogens with one attached hydrogen (secondary N) is 1. The number of hydrogen-bond acceptors (Lipinski definition) is 7. The molecule has 0 saturated heterocycles. The quantitative estimate of drug-likeness (QED) is 0.404. The van der Waals surface area contributed by atoms with Crippen LogP contribution in [0.3, 0.4) is 0 Å². The average molecular weight is 425 g/mol. The van der Waals surface area contributed by atoms with E-state index in [1.165, 1.54) is 12.0 Å². The summed E-state index contributed by atoms with van der Waals surface area (Å²) in [4.78, 5) is 23.0. The molecule has 0 fully saturated rings. The highest BCUT2D eigenvalue weighted by atomic mass is 32.2. The Labute approximate surface area is 180 Å². The second kappa shape index (κ2) is 9.69. The molecule has 0 amide bonds. The van der Waals surface area contributed by atoms with Crippen LogP contribution in [0.15, 0.2) is 53.6 Å². The van der Waals surface area contributed by atoms with Gasteiger partial charge in [0.1, 0.15) is 0 Å². The SMILES string of the molecule is CNCc1ccc([N+](=O)c2nc(-c3ccc(SC(C)C)cc3)cnc2N)c(OC)c1. The molecule has 7 nitrogen and oxygen atoms in total. The van der Waals surface area contributed by atoms with E-state index in [-0.39, 0.29) is 11.6 Å². The number of thioether (sulfide) groups is 1. The number of methoxy groups -OCH3 is 1. The number of rotatable bonds is 8. The predicted molar refractivity (Wildman–Crippen MR) is 123 cm³/mol. The van der Waals surface area contributed by atoms with Gasteiger partial charge >= 0.3 is 5.82 Å². The fourth-order valence-electron chi connectivity index (χ4n) is 2.97. The Bertz CT molecular complexity index is 1040. The lowest BCUT2D eigenvalue weighted by Crippen LogP contribution is -2.09. The molecule has 0 bridgehead atoms. The van der Waals surface area contributed by atoms with E-state index in [0.717, 1.165) is 11.1 Å². The van der Waals surface area contributed by atoms with Gasteiger partial charge in [-0.2, -0.15) is 0 Å². The number of hydrogen-bond donors (Lipinski definition) is 2. The zero-order valence-corrected chi connectivity index (χ0v) is 18.4. The molecule has 0 spiro atoms. The molecule has 0 saturated carbocycles. The van der Waals surface area contributed by atoms with E-state index >= 15 is 0 Å². The highest BCUT2D eigenvalue weighted by molar-refractivity contribution is 7.99. The van der Waals surface area contributed by atoms with Crippen molar-refractivity contribution in [2.45, 2.75) is 30.5 Å². The van der Waals surface area contributed by atoms with Crippen LogP contribution < -0.4 is 20.5 Å². The summed E-state index contributed by atoms with van der Waals surface area (Å²) in [5.74, 6) is 0.536. The largest absolute Gasteiger partial charge is 0.492 e. The first-order chi connectivity index (χ1) is 14.4. The van der Waals surface area contributed by atoms with Gasteiger partial charge in [0.2, 0.25) is 17.2 Å². The molecule has 1 aromatic heterocycles. The van der Waals surface area contributed by atoms with Gasteiger partial charge < -0.3 is 15.8 Å². The lowest BCUT2D eigenvalue weighted by molar-refractivity contribution is 0.413. The van der Waals surface area contributed by atoms with Gasteiger partial charge in [0.25, 0.3) is 0 Å². The fourth-order valence-corrected chi connectivity index (χ4v) is 3.81. The minimum absolute atomic E-state index is 0.0350. The van der Waals surface area contributed by atoms with E-state index in [1.54, 1.807) is 24.0 Å². The molecule has 2 aromatic carbocycles. The van der Waals surface area contributed by atoms with Crippen LogP contribution in [-0.2, 0) is 6.54 Å². The van der Waals surface area contributed by atoms with E-state index < -0.39 is 0 Å². The molecule has 3 aromatic rings. The van der Waals surface area contributed by atoms with Gasteiger partial charge in [-0.15, -0.1) is 11.8 Å². The third kappa shape index (κ3) is 4.95. The maximum atomic E-state index is 13.1. The monoisotopic (exact) mass is 424 g/mol. The Morgan fingerprint density at radius 2 is 1.93 bits per heavy atom. The van der Waals surface area contributed by atoms with Crippen LogP contribution in [0.4, 0.5) is 17.3 Å². The number of nitrogens with zero attached hydrogens (tertiary/aromatic N) is 3. The minimum atomic E-state index is 0.0350. The zero-order chi connectivity index (χ0) is 21.7. The Morgan fingerprint density at radius 3 is 2.57 bits per heavy atom. The average Bonchev–Trinajstić information content (AvgIpc) is 2.74. The number of benzene rings is 2. The molecular formula is C22H26N5O2S+. The summed E-state index contributed by atoms with van der Waals surface area (Å²) in [5, 5.41) is 3.58. The van der Waals surface area contributed by atoms with Crippen LogP contribution in [0.25, 0.3) is 11.3 Å². The minimum Gasteiger partial charge on any atom is -0.492 e. The first kappa shape index (κ1) is 21.7. The van der Waals surface area contributed by atoms with Crippen LogP contribution in [-0.4, -0.2) is 29.4 Å². The highest BCUT2D eigenvalue weighted by Crippen LogP contribution is 2.33. The van der Waals surface area contributed by atoms with Gasteiger partial charge in [0.05, 0.1) is 13.3 Å². The summed E-state index contributed by atoms with van der Waals surface area (Å²) >= 11 is 1.79. The Hall–Kier alpha value is -2.97. The molecule has 30 heavy (non-hydrogen) atoms. The van der Waals surface area contributed by atoms with Crippen molar-refractivity contribution in [3.63, 3.8) is 0 Å². The van der Waals surface area contributed by atoms with Gasteiger partial charge in [0.15, 0.2) is 5.75 Å². The summed E-state index contributed by atoms with van der Waals surface area (Å²) in [6, 6.07) is 13.4. The van der Waals surface area contributed by atoms with Gasteiger partial charge in [-0.1, -0.05) is 24.8 Å². The van der Waals surface area contributed by atoms with Crippen LogP contribution in [0.2, 0.25) is 0 Å². The van der Waals surface area contributed by atoms with E-state index in [1.807, 2.05) is 43.4 Å². The number of nitroso groups, excluding NO2 is 1. The highest BCUT2D eigenvalue weighted by Gasteiger charge is 2.27. The predicted octanol–water partition coefficient (Wildman–Crippen LogP) is 4.56. The van der Waals surface area contributed by atoms with E-state index in [9.17, 15) is 4.91 Å². The van der Waals surface area contributed by atoms with E-state index in [0.29, 0.717) is 33.7 Å². The third-order valence-electron chi connectivity index (χ3n) is 4.34. The lowest BCUT2D eigenvalue weighted by Gasteiger charge is -2.08. The number of aromatic nitrogens is 2. The van der Waals surface area contributed by atoms with Crippen molar-refractivity contribution in [1.29, 1.82) is 0 Å². The number of anilines is 1. The van der Waals surface area contributed by atoms with Crippen LogP contribution in [0.1, 0.15) is 19.4 Å². The molecule has 3 rings (SSSR count). The van der Waals surface area contributed by atoms with Crippen molar-refractivity contribution in [3.8, 4) is 17.0 Å². The number of nitrogen functional groups attached to an aromatic ring is 1. The molecule has 156 valence electrons. The first-order valence-electron chi connectivity index (χ1n) is 9.61. The summed E-state index contributed by atoms with van der Waals surface area (Å²) in [5.41, 5.74) is 8.74.